The van der Waals surface area contributed by atoms with E-state index in [0.29, 0.717) is 41.7 Å². The van der Waals surface area contributed by atoms with Gasteiger partial charge in [-0.05, 0) is 56.4 Å². The molecule has 6 heteroatoms. The molecule has 1 aromatic heterocycles. The van der Waals surface area contributed by atoms with Crippen LogP contribution < -0.4 is 0 Å². The zero-order valence-electron chi connectivity index (χ0n) is 19.6. The molecule has 1 unspecified atom stereocenters. The van der Waals surface area contributed by atoms with Crippen LogP contribution in [0.5, 0.6) is 0 Å². The molecule has 1 fully saturated rings. The summed E-state index contributed by atoms with van der Waals surface area (Å²) in [5, 5.41) is 0.225. The number of sulfone groups is 1. The Morgan fingerprint density at radius 1 is 1.03 bits per heavy atom. The number of hydrogen-bond donors (Lipinski definition) is 0. The van der Waals surface area contributed by atoms with Crippen molar-refractivity contribution in [3.05, 3.63) is 36.5 Å². The summed E-state index contributed by atoms with van der Waals surface area (Å²) in [5.74, 6) is 0.310. The fourth-order valence-corrected chi connectivity index (χ4v) is 6.91. The summed E-state index contributed by atoms with van der Waals surface area (Å²) in [5.41, 5.74) is 0.699. The van der Waals surface area contributed by atoms with E-state index >= 15 is 0 Å². The van der Waals surface area contributed by atoms with E-state index in [-0.39, 0.29) is 11.8 Å². The Kier molecular flexibility index (Phi) is 9.09. The number of hydrogen-bond acceptors (Lipinski definition) is 4. The third-order valence-electron chi connectivity index (χ3n) is 6.73. The Morgan fingerprint density at radius 3 is 2.66 bits per heavy atom. The lowest BCUT2D eigenvalue weighted by Gasteiger charge is -2.26. The number of carbonyl (C=O) groups excluding carboxylic acids is 1. The van der Waals surface area contributed by atoms with E-state index < -0.39 is 15.1 Å². The van der Waals surface area contributed by atoms with Gasteiger partial charge in [-0.1, -0.05) is 52.0 Å². The predicted molar refractivity (Wildman–Crippen MR) is 130 cm³/mol. The number of likely N-dealkylation sites (tertiary alicyclic amines) is 1. The van der Waals surface area contributed by atoms with Crippen LogP contribution in [-0.2, 0) is 14.6 Å². The zero-order valence-corrected chi connectivity index (χ0v) is 20.4. The van der Waals surface area contributed by atoms with Gasteiger partial charge in [0.25, 0.3) is 0 Å². The second-order valence-corrected chi connectivity index (χ2v) is 11.3. The SMILES string of the molecule is CCCCCC[C@@H](CCC)C(=O)N1CCCC(S(=O)(=O)c2cccc3ncccc23)CC1. The van der Waals surface area contributed by atoms with Crippen molar-refractivity contribution in [1.29, 1.82) is 0 Å². The lowest BCUT2D eigenvalue weighted by Crippen LogP contribution is -2.37. The Morgan fingerprint density at radius 2 is 1.88 bits per heavy atom. The first-order chi connectivity index (χ1) is 15.5. The van der Waals surface area contributed by atoms with E-state index in [1.165, 1.54) is 19.3 Å². The molecule has 5 nitrogen and oxygen atoms in total. The van der Waals surface area contributed by atoms with E-state index in [2.05, 4.69) is 18.8 Å². The Hall–Kier alpha value is -1.95. The van der Waals surface area contributed by atoms with Crippen molar-refractivity contribution in [2.75, 3.05) is 13.1 Å². The molecule has 1 aromatic carbocycles. The molecule has 1 amide bonds. The molecule has 0 radical (unpaired) electrons. The molecule has 3 rings (SSSR count). The quantitative estimate of drug-likeness (QED) is 0.424. The number of unbranched alkanes of at least 4 members (excludes halogenated alkanes) is 3. The van der Waals surface area contributed by atoms with Crippen LogP contribution in [0.3, 0.4) is 0 Å². The van der Waals surface area contributed by atoms with Crippen molar-refractivity contribution in [3.8, 4) is 0 Å². The van der Waals surface area contributed by atoms with Crippen LogP contribution in [0.4, 0.5) is 0 Å². The molecule has 2 heterocycles. The van der Waals surface area contributed by atoms with Gasteiger partial charge in [-0.3, -0.25) is 9.78 Å². The van der Waals surface area contributed by atoms with Crippen LogP contribution in [0.25, 0.3) is 10.9 Å². The molecule has 0 spiro atoms. The van der Waals surface area contributed by atoms with Gasteiger partial charge in [0.1, 0.15) is 0 Å². The number of benzene rings is 1. The molecule has 1 aliphatic heterocycles. The fraction of sp³-hybridized carbons (Fsp3) is 0.615. The van der Waals surface area contributed by atoms with Crippen LogP contribution in [0.1, 0.15) is 78.1 Å². The maximum absolute atomic E-state index is 13.5. The van der Waals surface area contributed by atoms with Crippen molar-refractivity contribution in [2.24, 2.45) is 5.92 Å². The van der Waals surface area contributed by atoms with E-state index in [1.807, 2.05) is 17.0 Å². The minimum absolute atomic E-state index is 0.0779. The van der Waals surface area contributed by atoms with Gasteiger partial charge in [-0.25, -0.2) is 8.42 Å². The summed E-state index contributed by atoms with van der Waals surface area (Å²) in [7, 11) is -3.49. The minimum atomic E-state index is -3.49. The van der Waals surface area contributed by atoms with Gasteiger partial charge in [0.05, 0.1) is 15.7 Å². The number of pyridine rings is 1. The topological polar surface area (TPSA) is 67.3 Å². The van der Waals surface area contributed by atoms with Crippen LogP contribution in [0.2, 0.25) is 0 Å². The average molecular weight is 459 g/mol. The van der Waals surface area contributed by atoms with Gasteiger partial charge in [-0.2, -0.15) is 0 Å². The zero-order chi connectivity index (χ0) is 23.0. The minimum Gasteiger partial charge on any atom is -0.342 e. The van der Waals surface area contributed by atoms with Crippen LogP contribution in [-0.4, -0.2) is 42.5 Å². The van der Waals surface area contributed by atoms with Gasteiger partial charge in [-0.15, -0.1) is 0 Å². The fourth-order valence-electron chi connectivity index (χ4n) is 4.91. The van der Waals surface area contributed by atoms with Gasteiger partial charge in [0.2, 0.25) is 5.91 Å². The predicted octanol–water partition coefficient (Wildman–Crippen LogP) is 5.78. The first-order valence-corrected chi connectivity index (χ1v) is 13.9. The van der Waals surface area contributed by atoms with E-state index in [4.69, 9.17) is 0 Å². The summed E-state index contributed by atoms with van der Waals surface area (Å²) >= 11 is 0. The molecule has 1 aliphatic rings. The van der Waals surface area contributed by atoms with E-state index in [9.17, 15) is 13.2 Å². The molecular formula is C26H38N2O3S. The highest BCUT2D eigenvalue weighted by Crippen LogP contribution is 2.30. The normalized spacial score (nSPS) is 18.4. The first kappa shape index (κ1) is 24.7. The lowest BCUT2D eigenvalue weighted by atomic mass is 9.94. The Bertz CT molecular complexity index is 984. The second kappa shape index (κ2) is 11.8. The number of amides is 1. The molecule has 0 N–H and O–H groups in total. The van der Waals surface area contributed by atoms with Crippen molar-refractivity contribution in [2.45, 2.75) is 88.2 Å². The highest BCUT2D eigenvalue weighted by Gasteiger charge is 2.33. The Labute approximate surface area is 193 Å². The van der Waals surface area contributed by atoms with Crippen molar-refractivity contribution >= 4 is 26.6 Å². The highest BCUT2D eigenvalue weighted by atomic mass is 32.2. The van der Waals surface area contributed by atoms with Crippen molar-refractivity contribution in [3.63, 3.8) is 0 Å². The highest BCUT2D eigenvalue weighted by molar-refractivity contribution is 7.92. The van der Waals surface area contributed by atoms with Gasteiger partial charge < -0.3 is 4.90 Å². The number of fused-ring (bicyclic) bond motifs is 1. The molecule has 0 saturated carbocycles. The molecule has 0 bridgehead atoms. The van der Waals surface area contributed by atoms with E-state index in [0.717, 1.165) is 32.1 Å². The largest absolute Gasteiger partial charge is 0.342 e. The van der Waals surface area contributed by atoms with Crippen LogP contribution in [0.15, 0.2) is 41.4 Å². The maximum atomic E-state index is 13.5. The van der Waals surface area contributed by atoms with Crippen molar-refractivity contribution < 1.29 is 13.2 Å². The third kappa shape index (κ3) is 5.89. The second-order valence-electron chi connectivity index (χ2n) is 9.08. The monoisotopic (exact) mass is 458 g/mol. The molecular weight excluding hydrogens is 420 g/mol. The first-order valence-electron chi connectivity index (χ1n) is 12.4. The summed E-state index contributed by atoms with van der Waals surface area (Å²) < 4.78 is 27.1. The summed E-state index contributed by atoms with van der Waals surface area (Å²) in [6.07, 6.45) is 11.1. The van der Waals surface area contributed by atoms with Crippen LogP contribution >= 0.6 is 0 Å². The smallest absolute Gasteiger partial charge is 0.225 e. The molecule has 1 saturated heterocycles. The van der Waals surface area contributed by atoms with Gasteiger partial charge in [0.15, 0.2) is 9.84 Å². The van der Waals surface area contributed by atoms with Crippen molar-refractivity contribution in [1.82, 2.24) is 9.88 Å². The molecule has 0 aliphatic carbocycles. The molecule has 32 heavy (non-hydrogen) atoms. The van der Waals surface area contributed by atoms with Gasteiger partial charge >= 0.3 is 0 Å². The summed E-state index contributed by atoms with van der Waals surface area (Å²) in [6, 6.07) is 8.92. The van der Waals surface area contributed by atoms with Gasteiger partial charge in [0, 0.05) is 30.6 Å². The lowest BCUT2D eigenvalue weighted by molar-refractivity contribution is -0.136. The summed E-state index contributed by atoms with van der Waals surface area (Å²) in [6.45, 7) is 5.53. The maximum Gasteiger partial charge on any atom is 0.225 e. The van der Waals surface area contributed by atoms with Crippen LogP contribution in [0, 0.1) is 5.92 Å². The number of nitrogens with zero attached hydrogens (tertiary/aromatic N) is 2. The molecule has 176 valence electrons. The molecule has 2 aromatic rings. The Balaban J connectivity index is 1.70. The third-order valence-corrected chi connectivity index (χ3v) is 9.05. The summed E-state index contributed by atoms with van der Waals surface area (Å²) in [4.78, 5) is 19.9. The van der Waals surface area contributed by atoms with E-state index in [1.54, 1.807) is 24.4 Å². The molecule has 2 atom stereocenters. The number of carbonyl (C=O) groups is 1. The number of aromatic nitrogens is 1. The standard InChI is InChI=1S/C26H38N2O3S/c1-3-5-6-7-12-21(11-4-2)26(29)28-19-10-13-22(17-20-28)32(30,31)25-16-8-15-24-23(25)14-9-18-27-24/h8-9,14-16,18,21-22H,3-7,10-13,17,19-20H2,1-2H3/t21-,22?/m1/s1. The number of rotatable bonds is 10. The average Bonchev–Trinajstić information content (AvgIpc) is 3.07.